The summed E-state index contributed by atoms with van der Waals surface area (Å²) in [7, 11) is 0. The largest absolute Gasteiger partial charge is 0.300 e. The summed E-state index contributed by atoms with van der Waals surface area (Å²) >= 11 is 0. The lowest BCUT2D eigenvalue weighted by atomic mass is 10.0. The zero-order chi connectivity index (χ0) is 14.7. The highest BCUT2D eigenvalue weighted by Gasteiger charge is 2.24. The molecule has 0 saturated heterocycles. The van der Waals surface area contributed by atoms with Gasteiger partial charge in [-0.2, -0.15) is 0 Å². The molecule has 19 heavy (non-hydrogen) atoms. The average Bonchev–Trinajstić information content (AvgIpc) is 2.38. The van der Waals surface area contributed by atoms with Gasteiger partial charge in [0, 0.05) is 24.3 Å². The van der Waals surface area contributed by atoms with Gasteiger partial charge in [0.15, 0.2) is 0 Å². The van der Waals surface area contributed by atoms with Gasteiger partial charge >= 0.3 is 0 Å². The van der Waals surface area contributed by atoms with E-state index in [4.69, 9.17) is 0 Å². The Balaban J connectivity index is 4.56. The van der Waals surface area contributed by atoms with Crippen LogP contribution in [0.2, 0.25) is 0 Å². The number of hydrogen-bond acceptors (Lipinski definition) is 3. The highest BCUT2D eigenvalue weighted by Crippen LogP contribution is 2.16. The van der Waals surface area contributed by atoms with Crippen LogP contribution in [0, 0.1) is 10.1 Å². The van der Waals surface area contributed by atoms with Crippen molar-refractivity contribution in [3.8, 4) is 0 Å². The molecule has 0 aliphatic rings. The van der Waals surface area contributed by atoms with E-state index in [0.29, 0.717) is 12.5 Å². The molecule has 0 aliphatic heterocycles. The second kappa shape index (κ2) is 11.2. The van der Waals surface area contributed by atoms with Gasteiger partial charge in [0.05, 0.1) is 0 Å². The SMILES string of the molecule is CCCCN(CCCC)C(CCC)CC(C)[N+](=O)[O-]. The zero-order valence-electron chi connectivity index (χ0n) is 13.2. The predicted octanol–water partition coefficient (Wildman–Crippen LogP) is 4.11. The Hall–Kier alpha value is -0.640. The minimum absolute atomic E-state index is 0.138. The molecule has 4 nitrogen and oxygen atoms in total. The fourth-order valence-electron chi connectivity index (χ4n) is 2.46. The van der Waals surface area contributed by atoms with Crippen LogP contribution in [0.5, 0.6) is 0 Å². The van der Waals surface area contributed by atoms with Crippen molar-refractivity contribution < 1.29 is 4.92 Å². The van der Waals surface area contributed by atoms with Gasteiger partial charge in [-0.15, -0.1) is 0 Å². The van der Waals surface area contributed by atoms with Crippen molar-refractivity contribution >= 4 is 0 Å². The Labute approximate surface area is 118 Å². The Morgan fingerprint density at radius 3 is 1.95 bits per heavy atom. The summed E-state index contributed by atoms with van der Waals surface area (Å²) in [6.45, 7) is 10.5. The molecule has 0 bridgehead atoms. The van der Waals surface area contributed by atoms with E-state index < -0.39 is 6.04 Å². The average molecular weight is 272 g/mol. The second-order valence-electron chi connectivity index (χ2n) is 5.56. The fraction of sp³-hybridized carbons (Fsp3) is 1.00. The van der Waals surface area contributed by atoms with Crippen LogP contribution < -0.4 is 0 Å². The van der Waals surface area contributed by atoms with Gasteiger partial charge < -0.3 is 4.90 Å². The van der Waals surface area contributed by atoms with Gasteiger partial charge in [-0.05, 0) is 32.4 Å². The van der Waals surface area contributed by atoms with Crippen LogP contribution in [0.15, 0.2) is 0 Å². The van der Waals surface area contributed by atoms with Gasteiger partial charge in [-0.3, -0.25) is 10.1 Å². The first-order valence-electron chi connectivity index (χ1n) is 7.94. The van der Waals surface area contributed by atoms with Gasteiger partial charge in [0.25, 0.3) is 0 Å². The monoisotopic (exact) mass is 272 g/mol. The molecule has 0 amide bonds. The summed E-state index contributed by atoms with van der Waals surface area (Å²) in [5, 5.41) is 10.9. The number of nitrogens with zero attached hydrogens (tertiary/aromatic N) is 2. The Bertz CT molecular complexity index is 226. The van der Waals surface area contributed by atoms with Crippen LogP contribution in [-0.2, 0) is 0 Å². The molecule has 2 atom stereocenters. The van der Waals surface area contributed by atoms with Crippen molar-refractivity contribution in [3.05, 3.63) is 10.1 Å². The minimum atomic E-state index is -0.428. The first kappa shape index (κ1) is 18.4. The van der Waals surface area contributed by atoms with Crippen LogP contribution in [0.3, 0.4) is 0 Å². The zero-order valence-corrected chi connectivity index (χ0v) is 13.2. The number of hydrogen-bond donors (Lipinski definition) is 0. The fourth-order valence-corrected chi connectivity index (χ4v) is 2.46. The molecule has 0 spiro atoms. The molecule has 0 rings (SSSR count). The van der Waals surface area contributed by atoms with E-state index in [9.17, 15) is 10.1 Å². The number of nitro groups is 1. The topological polar surface area (TPSA) is 46.4 Å². The molecule has 0 aromatic carbocycles. The minimum Gasteiger partial charge on any atom is -0.300 e. The summed E-state index contributed by atoms with van der Waals surface area (Å²) in [6, 6.07) is -0.0502. The molecule has 114 valence electrons. The maximum Gasteiger partial charge on any atom is 0.211 e. The number of unbranched alkanes of at least 4 members (excludes halogenated alkanes) is 2. The third-order valence-electron chi connectivity index (χ3n) is 3.71. The summed E-state index contributed by atoms with van der Waals surface area (Å²) in [5.41, 5.74) is 0. The van der Waals surface area contributed by atoms with E-state index in [2.05, 4.69) is 25.7 Å². The number of rotatable bonds is 12. The molecular formula is C15H32N2O2. The van der Waals surface area contributed by atoms with Gasteiger partial charge in [-0.25, -0.2) is 0 Å². The highest BCUT2D eigenvalue weighted by molar-refractivity contribution is 4.74. The summed E-state index contributed by atoms with van der Waals surface area (Å²) < 4.78 is 0. The molecule has 2 unspecified atom stereocenters. The van der Waals surface area contributed by atoms with E-state index >= 15 is 0 Å². The Morgan fingerprint density at radius 2 is 1.58 bits per heavy atom. The van der Waals surface area contributed by atoms with Crippen molar-refractivity contribution in [3.63, 3.8) is 0 Å². The van der Waals surface area contributed by atoms with Gasteiger partial charge in [0.2, 0.25) is 6.04 Å². The lowest BCUT2D eigenvalue weighted by Gasteiger charge is -2.32. The maximum atomic E-state index is 10.9. The molecule has 0 saturated carbocycles. The molecule has 0 aromatic heterocycles. The van der Waals surface area contributed by atoms with E-state index in [1.807, 2.05) is 0 Å². The summed E-state index contributed by atoms with van der Waals surface area (Å²) in [6.07, 6.45) is 7.62. The van der Waals surface area contributed by atoms with E-state index in [1.54, 1.807) is 6.92 Å². The van der Waals surface area contributed by atoms with Gasteiger partial charge in [-0.1, -0.05) is 40.0 Å². The molecule has 4 heteroatoms. The Kier molecular flexibility index (Phi) is 10.8. The van der Waals surface area contributed by atoms with Crippen LogP contribution in [0.1, 0.15) is 72.6 Å². The van der Waals surface area contributed by atoms with Gasteiger partial charge in [0.1, 0.15) is 0 Å². The lowest BCUT2D eigenvalue weighted by molar-refractivity contribution is -0.520. The highest BCUT2D eigenvalue weighted by atomic mass is 16.6. The first-order valence-corrected chi connectivity index (χ1v) is 7.94. The summed E-state index contributed by atoms with van der Waals surface area (Å²) in [5.74, 6) is 0. The lowest BCUT2D eigenvalue weighted by Crippen LogP contribution is -2.40. The maximum absolute atomic E-state index is 10.9. The molecular weight excluding hydrogens is 240 g/mol. The molecule has 0 N–H and O–H groups in total. The van der Waals surface area contributed by atoms with E-state index in [0.717, 1.165) is 25.9 Å². The van der Waals surface area contributed by atoms with Crippen molar-refractivity contribution in [2.45, 2.75) is 84.7 Å². The molecule has 0 aliphatic carbocycles. The smallest absolute Gasteiger partial charge is 0.211 e. The van der Waals surface area contributed by atoms with Crippen LogP contribution >= 0.6 is 0 Å². The molecule has 0 fully saturated rings. The van der Waals surface area contributed by atoms with Crippen molar-refractivity contribution in [2.75, 3.05) is 13.1 Å². The predicted molar refractivity (Wildman–Crippen MR) is 81.2 cm³/mol. The summed E-state index contributed by atoms with van der Waals surface area (Å²) in [4.78, 5) is 13.2. The second-order valence-corrected chi connectivity index (χ2v) is 5.56. The van der Waals surface area contributed by atoms with Crippen LogP contribution in [0.25, 0.3) is 0 Å². The van der Waals surface area contributed by atoms with Crippen LogP contribution in [-0.4, -0.2) is 35.0 Å². The normalized spacial score (nSPS) is 14.6. The van der Waals surface area contributed by atoms with Crippen LogP contribution in [0.4, 0.5) is 0 Å². The van der Waals surface area contributed by atoms with Crippen molar-refractivity contribution in [1.29, 1.82) is 0 Å². The molecule has 0 aromatic rings. The standard InChI is InChI=1S/C15H32N2O2/c1-5-8-11-16(12-9-6-2)15(10-7-3)13-14(4)17(18)19/h14-15H,5-13H2,1-4H3. The molecule has 0 radical (unpaired) electrons. The van der Waals surface area contributed by atoms with Crippen molar-refractivity contribution in [1.82, 2.24) is 4.90 Å². The van der Waals surface area contributed by atoms with E-state index in [-0.39, 0.29) is 4.92 Å². The third-order valence-corrected chi connectivity index (χ3v) is 3.71. The quantitative estimate of drug-likeness (QED) is 0.397. The first-order chi connectivity index (χ1) is 9.06. The van der Waals surface area contributed by atoms with Crippen molar-refractivity contribution in [2.24, 2.45) is 0 Å². The van der Waals surface area contributed by atoms with E-state index in [1.165, 1.54) is 25.7 Å². The Morgan fingerprint density at radius 1 is 1.05 bits per heavy atom. The molecule has 0 heterocycles. The third kappa shape index (κ3) is 8.19.